The summed E-state index contributed by atoms with van der Waals surface area (Å²) in [6, 6.07) is -1.68. The second-order valence-corrected chi connectivity index (χ2v) is 5.51. The van der Waals surface area contributed by atoms with E-state index in [4.69, 9.17) is 15.9 Å². The maximum Gasteiger partial charge on any atom is 0.321 e. The van der Waals surface area contributed by atoms with Gasteiger partial charge in [-0.1, -0.05) is 0 Å². The summed E-state index contributed by atoms with van der Waals surface area (Å²) in [5.74, 6) is -1.06. The Morgan fingerprint density at radius 2 is 1.74 bits per heavy atom. The summed E-state index contributed by atoms with van der Waals surface area (Å²) in [6.07, 6.45) is 2.15. The highest BCUT2D eigenvalue weighted by Gasteiger charge is 2.13. The highest BCUT2D eigenvalue weighted by molar-refractivity contribution is 7.99. The van der Waals surface area contributed by atoms with E-state index >= 15 is 0 Å². The number of aliphatic carboxylic acids is 2. The molecule has 6 N–H and O–H groups in total. The largest absolute Gasteiger partial charge is 0.480 e. The van der Waals surface area contributed by atoms with E-state index in [1.807, 2.05) is 0 Å². The number of hydrogen-bond donors (Lipinski definition) is 5. The van der Waals surface area contributed by atoms with Crippen LogP contribution in [0.25, 0.3) is 0 Å². The quantitative estimate of drug-likeness (QED) is 0.263. The molecule has 0 rings (SSSR count). The molecule has 9 nitrogen and oxygen atoms in total. The summed E-state index contributed by atoms with van der Waals surface area (Å²) in [6.45, 7) is 0. The number of hydrogen-bond acceptors (Lipinski definition) is 8. The topological polar surface area (TPSA) is 159 Å². The number of rotatable bonds is 12. The molecule has 0 amide bonds. The van der Waals surface area contributed by atoms with Gasteiger partial charge in [-0.2, -0.15) is 11.8 Å². The molecule has 3 unspecified atom stereocenters. The molecular weight excluding hydrogens is 326 g/mol. The van der Waals surface area contributed by atoms with Gasteiger partial charge >= 0.3 is 11.9 Å². The van der Waals surface area contributed by atoms with Crippen LogP contribution < -0.4 is 16.4 Å². The monoisotopic (exact) mass is 351 g/mol. The number of nitrogens with two attached hydrogens (primary N) is 1. The van der Waals surface area contributed by atoms with Gasteiger partial charge in [0, 0.05) is 17.9 Å². The predicted octanol–water partition coefficient (Wildman–Crippen LogP) is -1.44. The molecular formula is C13H25N3O6S. The lowest BCUT2D eigenvalue weighted by molar-refractivity contribution is -0.140. The molecule has 23 heavy (non-hydrogen) atoms. The average Bonchev–Trinajstić information content (AvgIpc) is 2.52. The van der Waals surface area contributed by atoms with E-state index in [0.29, 0.717) is 24.2 Å². The number of aldehydes is 2. The van der Waals surface area contributed by atoms with Gasteiger partial charge in [0.2, 0.25) is 0 Å². The van der Waals surface area contributed by atoms with Crippen molar-refractivity contribution < 1.29 is 29.4 Å². The number of thioether (sulfide) groups is 1. The van der Waals surface area contributed by atoms with Crippen molar-refractivity contribution in [3.8, 4) is 0 Å². The van der Waals surface area contributed by atoms with Crippen molar-refractivity contribution in [3.63, 3.8) is 0 Å². The Hall–Kier alpha value is -1.49. The van der Waals surface area contributed by atoms with E-state index in [-0.39, 0.29) is 12.5 Å². The zero-order valence-electron chi connectivity index (χ0n) is 13.2. The summed E-state index contributed by atoms with van der Waals surface area (Å²) in [5, 5.41) is 22.2. The Morgan fingerprint density at radius 3 is 2.09 bits per heavy atom. The van der Waals surface area contributed by atoms with Crippen LogP contribution >= 0.6 is 11.8 Å². The van der Waals surface area contributed by atoms with Gasteiger partial charge in [0.25, 0.3) is 0 Å². The number of carboxylic acid groups (broad SMARTS) is 2. The maximum absolute atomic E-state index is 10.3. The van der Waals surface area contributed by atoms with E-state index in [0.717, 1.165) is 6.29 Å². The van der Waals surface area contributed by atoms with Crippen LogP contribution in [0.5, 0.6) is 0 Å². The number of nitrogens with one attached hydrogen (secondary N) is 2. The van der Waals surface area contributed by atoms with Crippen molar-refractivity contribution in [1.29, 1.82) is 0 Å². The van der Waals surface area contributed by atoms with Crippen molar-refractivity contribution in [3.05, 3.63) is 0 Å². The molecule has 134 valence electrons. The molecule has 0 radical (unpaired) electrons. The first-order valence-electron chi connectivity index (χ1n) is 6.86. The summed E-state index contributed by atoms with van der Waals surface area (Å²) >= 11 is 1.35. The van der Waals surface area contributed by atoms with Crippen LogP contribution in [0.4, 0.5) is 0 Å². The van der Waals surface area contributed by atoms with Crippen molar-refractivity contribution in [2.75, 3.05) is 25.6 Å². The first-order chi connectivity index (χ1) is 10.8. The van der Waals surface area contributed by atoms with E-state index in [9.17, 15) is 19.2 Å². The standard InChI is InChI=1S/C7H14N2O3S.C6H11NO3/c1-9-5(2-10)3-13-4-6(8)7(11)12;1-7-5(6(9)10)3-2-4-8/h2,5-6,9H,3-4,8H2,1H3,(H,11,12);4-5,7H,2-3H2,1H3,(H,9,10). The van der Waals surface area contributed by atoms with E-state index in [1.54, 1.807) is 14.1 Å². The molecule has 0 aromatic heterocycles. The number of carboxylic acids is 2. The summed E-state index contributed by atoms with van der Waals surface area (Å²) in [5.41, 5.74) is 5.26. The van der Waals surface area contributed by atoms with Gasteiger partial charge in [-0.15, -0.1) is 0 Å². The Morgan fingerprint density at radius 1 is 1.13 bits per heavy atom. The minimum Gasteiger partial charge on any atom is -0.480 e. The van der Waals surface area contributed by atoms with Crippen LogP contribution in [0.1, 0.15) is 12.8 Å². The normalized spacial score (nSPS) is 13.9. The van der Waals surface area contributed by atoms with Gasteiger partial charge < -0.3 is 36.2 Å². The molecule has 0 heterocycles. The molecule has 0 aliphatic rings. The van der Waals surface area contributed by atoms with Gasteiger partial charge in [-0.3, -0.25) is 9.59 Å². The lowest BCUT2D eigenvalue weighted by Crippen LogP contribution is -2.34. The predicted molar refractivity (Wildman–Crippen MR) is 87.6 cm³/mol. The molecule has 0 bridgehead atoms. The first-order valence-corrected chi connectivity index (χ1v) is 8.01. The summed E-state index contributed by atoms with van der Waals surface area (Å²) in [7, 11) is 3.24. The minimum absolute atomic E-state index is 0.231. The molecule has 0 spiro atoms. The highest BCUT2D eigenvalue weighted by atomic mass is 32.2. The molecule has 0 aromatic rings. The lowest BCUT2D eigenvalue weighted by atomic mass is 10.2. The molecule has 3 atom stereocenters. The van der Waals surface area contributed by atoms with Crippen molar-refractivity contribution in [2.24, 2.45) is 5.73 Å². The minimum atomic E-state index is -1.01. The molecule has 0 fully saturated rings. The van der Waals surface area contributed by atoms with Crippen LogP contribution in [0.2, 0.25) is 0 Å². The third-order valence-corrected chi connectivity index (χ3v) is 3.86. The molecule has 0 aliphatic heterocycles. The van der Waals surface area contributed by atoms with E-state index in [2.05, 4.69) is 10.6 Å². The van der Waals surface area contributed by atoms with E-state index in [1.165, 1.54) is 11.8 Å². The van der Waals surface area contributed by atoms with Gasteiger partial charge in [0.15, 0.2) is 0 Å². The maximum atomic E-state index is 10.3. The van der Waals surface area contributed by atoms with E-state index < -0.39 is 24.0 Å². The van der Waals surface area contributed by atoms with Gasteiger partial charge in [0.1, 0.15) is 24.7 Å². The van der Waals surface area contributed by atoms with Crippen LogP contribution in [-0.4, -0.2) is 78.5 Å². The highest BCUT2D eigenvalue weighted by Crippen LogP contribution is 2.03. The average molecular weight is 351 g/mol. The lowest BCUT2D eigenvalue weighted by Gasteiger charge is -2.09. The Bertz CT molecular complexity index is 368. The zero-order chi connectivity index (χ0) is 18.3. The molecule has 10 heteroatoms. The smallest absolute Gasteiger partial charge is 0.321 e. The fraction of sp³-hybridized carbons (Fsp3) is 0.692. The zero-order valence-corrected chi connectivity index (χ0v) is 14.0. The van der Waals surface area contributed by atoms with Crippen LogP contribution in [0.3, 0.4) is 0 Å². The Balaban J connectivity index is 0. The van der Waals surface area contributed by atoms with Gasteiger partial charge in [-0.25, -0.2) is 0 Å². The summed E-state index contributed by atoms with van der Waals surface area (Å²) in [4.78, 5) is 40.7. The number of carbonyl (C=O) groups excluding carboxylic acids is 2. The van der Waals surface area contributed by atoms with Crippen molar-refractivity contribution >= 4 is 36.3 Å². The van der Waals surface area contributed by atoms with Gasteiger partial charge in [0.05, 0.1) is 6.04 Å². The number of carbonyl (C=O) groups is 4. The third kappa shape index (κ3) is 13.9. The first kappa shape index (κ1) is 23.8. The Labute approximate surface area is 139 Å². The van der Waals surface area contributed by atoms with Crippen LogP contribution in [0, 0.1) is 0 Å². The van der Waals surface area contributed by atoms with Crippen molar-refractivity contribution in [1.82, 2.24) is 10.6 Å². The number of likely N-dealkylation sites (N-methyl/N-ethyl adjacent to an activating group) is 2. The second kappa shape index (κ2) is 15.4. The van der Waals surface area contributed by atoms with Crippen LogP contribution in [-0.2, 0) is 19.2 Å². The molecule has 0 aromatic carbocycles. The Kier molecular flexibility index (Phi) is 15.9. The fourth-order valence-corrected chi connectivity index (χ4v) is 2.24. The third-order valence-electron chi connectivity index (χ3n) is 2.67. The van der Waals surface area contributed by atoms with Gasteiger partial charge in [-0.05, 0) is 20.5 Å². The SMILES string of the molecule is CNC(C=O)CSCC(N)C(=O)O.CNC(CCC=O)C(=O)O. The second-order valence-electron chi connectivity index (χ2n) is 4.44. The molecule has 0 saturated heterocycles. The summed E-state index contributed by atoms with van der Waals surface area (Å²) < 4.78 is 0. The molecule has 0 aliphatic carbocycles. The fourth-order valence-electron chi connectivity index (χ4n) is 1.21. The molecule has 0 saturated carbocycles. The van der Waals surface area contributed by atoms with Crippen molar-refractivity contribution in [2.45, 2.75) is 31.0 Å². The van der Waals surface area contributed by atoms with Crippen LogP contribution in [0.15, 0.2) is 0 Å².